The minimum absolute atomic E-state index is 0.157. The number of H-pyrrole nitrogens is 1. The summed E-state index contributed by atoms with van der Waals surface area (Å²) in [7, 11) is 0. The van der Waals surface area contributed by atoms with E-state index in [0.29, 0.717) is 31.6 Å². The lowest BCUT2D eigenvalue weighted by Gasteiger charge is -2.32. The van der Waals surface area contributed by atoms with E-state index in [-0.39, 0.29) is 17.6 Å². The monoisotopic (exact) mass is 346 g/mol. The molecule has 2 aromatic heterocycles. The molecule has 1 fully saturated rings. The summed E-state index contributed by atoms with van der Waals surface area (Å²) >= 11 is 0. The van der Waals surface area contributed by atoms with Crippen molar-refractivity contribution in [2.45, 2.75) is 52.6 Å². The topological polar surface area (TPSA) is 79.7 Å². The molecule has 1 saturated heterocycles. The number of aryl methyl sites for hydroxylation is 2. The van der Waals surface area contributed by atoms with E-state index < -0.39 is 0 Å². The van der Waals surface area contributed by atoms with E-state index in [0.717, 1.165) is 36.3 Å². The van der Waals surface area contributed by atoms with Crippen LogP contribution in [0, 0.1) is 13.8 Å². The summed E-state index contributed by atoms with van der Waals surface area (Å²) in [4.78, 5) is 30.5. The number of ether oxygens (including phenoxy) is 1. The number of rotatable bonds is 5. The predicted molar refractivity (Wildman–Crippen MR) is 94.8 cm³/mol. The Kier molecular flexibility index (Phi) is 5.22. The molecule has 1 atom stereocenters. The summed E-state index contributed by atoms with van der Waals surface area (Å²) in [6.45, 7) is 8.04. The SMILES string of the molecule is CCOC1CCCN(C(=O)CCc2c(C)nc3cc(=O)[nH]n3c2C)C1. The number of nitrogens with zero attached hydrogens (tertiary/aromatic N) is 3. The zero-order valence-electron chi connectivity index (χ0n) is 15.2. The molecule has 3 heterocycles. The lowest BCUT2D eigenvalue weighted by atomic mass is 10.0. The van der Waals surface area contributed by atoms with Crippen LogP contribution in [-0.4, -0.2) is 51.2 Å². The van der Waals surface area contributed by atoms with Crippen molar-refractivity contribution in [3.05, 3.63) is 33.4 Å². The van der Waals surface area contributed by atoms with Gasteiger partial charge in [-0.25, -0.2) is 9.50 Å². The summed E-state index contributed by atoms with van der Waals surface area (Å²) in [5.41, 5.74) is 3.27. The fourth-order valence-corrected chi connectivity index (χ4v) is 3.64. The third-order valence-electron chi connectivity index (χ3n) is 4.92. The van der Waals surface area contributed by atoms with Gasteiger partial charge in [0.1, 0.15) is 0 Å². The molecule has 0 bridgehead atoms. The third-order valence-corrected chi connectivity index (χ3v) is 4.92. The van der Waals surface area contributed by atoms with Crippen LogP contribution in [0.3, 0.4) is 0 Å². The lowest BCUT2D eigenvalue weighted by molar-refractivity contribution is -0.135. The maximum atomic E-state index is 12.6. The number of likely N-dealkylation sites (tertiary alicyclic amines) is 1. The Hall–Kier alpha value is -2.15. The fraction of sp³-hybridized carbons (Fsp3) is 0.611. The molecule has 0 aliphatic carbocycles. The number of carbonyl (C=O) groups excluding carboxylic acids is 1. The van der Waals surface area contributed by atoms with Crippen molar-refractivity contribution in [3.8, 4) is 0 Å². The number of piperidine rings is 1. The first-order valence-electron chi connectivity index (χ1n) is 8.96. The van der Waals surface area contributed by atoms with Crippen LogP contribution in [-0.2, 0) is 16.0 Å². The van der Waals surface area contributed by atoms with Crippen molar-refractivity contribution in [1.29, 1.82) is 0 Å². The molecule has 1 unspecified atom stereocenters. The maximum Gasteiger partial charge on any atom is 0.266 e. The van der Waals surface area contributed by atoms with Gasteiger partial charge in [0, 0.05) is 43.6 Å². The van der Waals surface area contributed by atoms with Crippen LogP contribution in [0.25, 0.3) is 5.65 Å². The minimum Gasteiger partial charge on any atom is -0.377 e. The van der Waals surface area contributed by atoms with E-state index in [1.165, 1.54) is 6.07 Å². The number of carbonyl (C=O) groups is 1. The normalized spacial score (nSPS) is 18.0. The van der Waals surface area contributed by atoms with E-state index in [9.17, 15) is 9.59 Å². The largest absolute Gasteiger partial charge is 0.377 e. The maximum absolute atomic E-state index is 12.6. The molecule has 0 saturated carbocycles. The highest BCUT2D eigenvalue weighted by Gasteiger charge is 2.24. The summed E-state index contributed by atoms with van der Waals surface area (Å²) in [5.74, 6) is 0.157. The van der Waals surface area contributed by atoms with Gasteiger partial charge < -0.3 is 9.64 Å². The number of aromatic nitrogens is 3. The highest BCUT2D eigenvalue weighted by atomic mass is 16.5. The molecule has 0 spiro atoms. The van der Waals surface area contributed by atoms with Crippen LogP contribution in [0.5, 0.6) is 0 Å². The molecule has 1 aliphatic rings. The average Bonchev–Trinajstić information content (AvgIpc) is 2.95. The van der Waals surface area contributed by atoms with Gasteiger partial charge in [-0.1, -0.05) is 0 Å². The Bertz CT molecular complexity index is 822. The zero-order valence-corrected chi connectivity index (χ0v) is 15.2. The van der Waals surface area contributed by atoms with Crippen molar-refractivity contribution in [3.63, 3.8) is 0 Å². The van der Waals surface area contributed by atoms with Gasteiger partial charge in [0.25, 0.3) is 5.56 Å². The van der Waals surface area contributed by atoms with Crippen molar-refractivity contribution >= 4 is 11.6 Å². The standard InChI is InChI=1S/C18H26N4O3/c1-4-25-14-6-5-9-21(11-14)18(24)8-7-15-12(2)19-16-10-17(23)20-22(16)13(15)3/h10,14H,4-9,11H2,1-3H3,(H,20,23). The second-order valence-electron chi connectivity index (χ2n) is 6.63. The summed E-state index contributed by atoms with van der Waals surface area (Å²) in [6, 6.07) is 1.48. The number of aromatic amines is 1. The Morgan fingerprint density at radius 1 is 1.44 bits per heavy atom. The summed E-state index contributed by atoms with van der Waals surface area (Å²) in [5, 5.41) is 2.75. The molecule has 1 aliphatic heterocycles. The first kappa shape index (κ1) is 17.7. The van der Waals surface area contributed by atoms with Gasteiger partial charge in [-0.15, -0.1) is 0 Å². The average molecular weight is 346 g/mol. The zero-order chi connectivity index (χ0) is 18.0. The van der Waals surface area contributed by atoms with Crippen LogP contribution < -0.4 is 5.56 Å². The van der Waals surface area contributed by atoms with Crippen molar-refractivity contribution < 1.29 is 9.53 Å². The van der Waals surface area contributed by atoms with E-state index in [1.807, 2.05) is 25.7 Å². The highest BCUT2D eigenvalue weighted by Crippen LogP contribution is 2.18. The molecule has 0 aromatic carbocycles. The lowest BCUT2D eigenvalue weighted by Crippen LogP contribution is -2.43. The molecule has 1 N–H and O–H groups in total. The van der Waals surface area contributed by atoms with Gasteiger partial charge in [-0.3, -0.25) is 14.7 Å². The van der Waals surface area contributed by atoms with Crippen molar-refractivity contribution in [2.75, 3.05) is 19.7 Å². The van der Waals surface area contributed by atoms with Gasteiger partial charge in [-0.05, 0) is 45.6 Å². The molecular weight excluding hydrogens is 320 g/mol. The molecule has 3 rings (SSSR count). The quantitative estimate of drug-likeness (QED) is 0.892. The van der Waals surface area contributed by atoms with Crippen molar-refractivity contribution in [1.82, 2.24) is 19.5 Å². The van der Waals surface area contributed by atoms with Crippen LogP contribution >= 0.6 is 0 Å². The molecular formula is C18H26N4O3. The van der Waals surface area contributed by atoms with Gasteiger partial charge in [0.05, 0.1) is 6.10 Å². The molecule has 0 radical (unpaired) electrons. The van der Waals surface area contributed by atoms with Gasteiger partial charge in [-0.2, -0.15) is 0 Å². The first-order valence-corrected chi connectivity index (χ1v) is 8.96. The first-order chi connectivity index (χ1) is 12.0. The number of hydrogen-bond acceptors (Lipinski definition) is 4. The van der Waals surface area contributed by atoms with E-state index in [2.05, 4.69) is 10.1 Å². The van der Waals surface area contributed by atoms with Gasteiger partial charge >= 0.3 is 0 Å². The van der Waals surface area contributed by atoms with Gasteiger partial charge in [0.2, 0.25) is 5.91 Å². The number of hydrogen-bond donors (Lipinski definition) is 1. The summed E-state index contributed by atoms with van der Waals surface area (Å²) < 4.78 is 7.37. The highest BCUT2D eigenvalue weighted by molar-refractivity contribution is 5.76. The second-order valence-corrected chi connectivity index (χ2v) is 6.63. The Morgan fingerprint density at radius 2 is 2.24 bits per heavy atom. The van der Waals surface area contributed by atoms with Gasteiger partial charge in [0.15, 0.2) is 5.65 Å². The van der Waals surface area contributed by atoms with Crippen molar-refractivity contribution in [2.24, 2.45) is 0 Å². The molecule has 25 heavy (non-hydrogen) atoms. The van der Waals surface area contributed by atoms with Crippen LogP contribution in [0.2, 0.25) is 0 Å². The predicted octanol–water partition coefficient (Wildman–Crippen LogP) is 1.60. The Labute approximate surface area is 147 Å². The van der Waals surface area contributed by atoms with Crippen LogP contribution in [0.4, 0.5) is 0 Å². The van der Waals surface area contributed by atoms with Crippen LogP contribution in [0.1, 0.15) is 43.1 Å². The second kappa shape index (κ2) is 7.39. The van der Waals surface area contributed by atoms with E-state index >= 15 is 0 Å². The number of nitrogens with one attached hydrogen (secondary N) is 1. The molecule has 136 valence electrons. The number of amides is 1. The van der Waals surface area contributed by atoms with E-state index in [1.54, 1.807) is 4.52 Å². The fourth-order valence-electron chi connectivity index (χ4n) is 3.64. The van der Waals surface area contributed by atoms with E-state index in [4.69, 9.17) is 4.74 Å². The third kappa shape index (κ3) is 3.76. The molecule has 2 aromatic rings. The van der Waals surface area contributed by atoms with Crippen LogP contribution in [0.15, 0.2) is 10.9 Å². The summed E-state index contributed by atoms with van der Waals surface area (Å²) in [6.07, 6.45) is 3.24. The Morgan fingerprint density at radius 3 is 3.00 bits per heavy atom. The molecule has 7 heteroatoms. The minimum atomic E-state index is -0.168. The smallest absolute Gasteiger partial charge is 0.266 e. The molecule has 7 nitrogen and oxygen atoms in total. The Balaban J connectivity index is 1.69. The molecule has 1 amide bonds. The number of fused-ring (bicyclic) bond motifs is 1.